The molecular formula is C12H18N4OS. The molecule has 1 aromatic heterocycles. The molecule has 0 atom stereocenters. The molecule has 1 fully saturated rings. The SMILES string of the molecule is NC(=O)c1cnc(CSC2CCCCC2)nc1N. The van der Waals surface area contributed by atoms with Gasteiger partial charge in [-0.2, -0.15) is 11.8 Å². The number of thioether (sulfide) groups is 1. The van der Waals surface area contributed by atoms with Crippen LogP contribution in [0, 0.1) is 0 Å². The number of rotatable bonds is 4. The van der Waals surface area contributed by atoms with Gasteiger partial charge in [0.1, 0.15) is 11.6 Å². The first kappa shape index (κ1) is 13.1. The second-order valence-corrected chi connectivity index (χ2v) is 5.81. The van der Waals surface area contributed by atoms with Crippen LogP contribution >= 0.6 is 11.8 Å². The molecule has 1 amide bonds. The summed E-state index contributed by atoms with van der Waals surface area (Å²) >= 11 is 1.88. The van der Waals surface area contributed by atoms with Crippen molar-refractivity contribution in [2.75, 3.05) is 5.73 Å². The molecule has 1 aliphatic carbocycles. The van der Waals surface area contributed by atoms with Gasteiger partial charge in [-0.15, -0.1) is 0 Å². The van der Waals surface area contributed by atoms with E-state index in [2.05, 4.69) is 9.97 Å². The molecular weight excluding hydrogens is 248 g/mol. The number of carbonyl (C=O) groups is 1. The van der Waals surface area contributed by atoms with Crippen molar-refractivity contribution in [2.24, 2.45) is 5.73 Å². The van der Waals surface area contributed by atoms with E-state index in [-0.39, 0.29) is 11.4 Å². The highest BCUT2D eigenvalue weighted by Crippen LogP contribution is 2.29. The molecule has 98 valence electrons. The maximum absolute atomic E-state index is 11.0. The quantitative estimate of drug-likeness (QED) is 0.865. The summed E-state index contributed by atoms with van der Waals surface area (Å²) in [4.78, 5) is 19.3. The zero-order chi connectivity index (χ0) is 13.0. The molecule has 1 heterocycles. The highest BCUT2D eigenvalue weighted by atomic mass is 32.2. The van der Waals surface area contributed by atoms with Crippen LogP contribution in [0.15, 0.2) is 6.20 Å². The van der Waals surface area contributed by atoms with Crippen LogP contribution in [0.3, 0.4) is 0 Å². The number of hydrogen-bond acceptors (Lipinski definition) is 5. The van der Waals surface area contributed by atoms with Gasteiger partial charge in [-0.1, -0.05) is 19.3 Å². The molecule has 2 rings (SSSR count). The Morgan fingerprint density at radius 3 is 2.72 bits per heavy atom. The van der Waals surface area contributed by atoms with Crippen LogP contribution in [-0.4, -0.2) is 21.1 Å². The van der Waals surface area contributed by atoms with Gasteiger partial charge in [0.05, 0.1) is 11.3 Å². The molecule has 0 radical (unpaired) electrons. The maximum atomic E-state index is 11.0. The minimum atomic E-state index is -0.584. The lowest BCUT2D eigenvalue weighted by Gasteiger charge is -2.20. The number of hydrogen-bond donors (Lipinski definition) is 2. The van der Waals surface area contributed by atoms with Crippen molar-refractivity contribution in [1.29, 1.82) is 0 Å². The monoisotopic (exact) mass is 266 g/mol. The van der Waals surface area contributed by atoms with Gasteiger partial charge in [0.25, 0.3) is 5.91 Å². The number of anilines is 1. The Kier molecular flexibility index (Phi) is 4.41. The van der Waals surface area contributed by atoms with Gasteiger partial charge in [0.15, 0.2) is 0 Å². The lowest BCUT2D eigenvalue weighted by atomic mass is 10.0. The Labute approximate surface area is 111 Å². The Hall–Kier alpha value is -1.30. The van der Waals surface area contributed by atoms with Gasteiger partial charge in [0.2, 0.25) is 0 Å². The highest BCUT2D eigenvalue weighted by molar-refractivity contribution is 7.99. The second kappa shape index (κ2) is 6.04. The second-order valence-electron chi connectivity index (χ2n) is 4.52. The van der Waals surface area contributed by atoms with Gasteiger partial charge >= 0.3 is 0 Å². The van der Waals surface area contributed by atoms with Crippen LogP contribution in [0.5, 0.6) is 0 Å². The topological polar surface area (TPSA) is 94.9 Å². The van der Waals surface area contributed by atoms with Gasteiger partial charge < -0.3 is 11.5 Å². The van der Waals surface area contributed by atoms with Crippen LogP contribution in [0.4, 0.5) is 5.82 Å². The van der Waals surface area contributed by atoms with E-state index in [1.54, 1.807) is 0 Å². The molecule has 0 saturated heterocycles. The molecule has 18 heavy (non-hydrogen) atoms. The smallest absolute Gasteiger partial charge is 0.254 e. The number of aromatic nitrogens is 2. The summed E-state index contributed by atoms with van der Waals surface area (Å²) in [6.45, 7) is 0. The average molecular weight is 266 g/mol. The summed E-state index contributed by atoms with van der Waals surface area (Å²) in [5, 5.41) is 0.708. The first-order chi connectivity index (χ1) is 8.66. The number of nitrogens with two attached hydrogens (primary N) is 2. The molecule has 6 heteroatoms. The third-order valence-corrected chi connectivity index (χ3v) is 4.50. The van der Waals surface area contributed by atoms with Gasteiger partial charge in [-0.25, -0.2) is 9.97 Å². The lowest BCUT2D eigenvalue weighted by Crippen LogP contribution is -2.16. The molecule has 1 aliphatic rings. The third kappa shape index (κ3) is 3.35. The molecule has 0 bridgehead atoms. The van der Waals surface area contributed by atoms with E-state index in [9.17, 15) is 4.79 Å². The minimum Gasteiger partial charge on any atom is -0.383 e. The van der Waals surface area contributed by atoms with Crippen molar-refractivity contribution in [2.45, 2.75) is 43.1 Å². The fraction of sp³-hybridized carbons (Fsp3) is 0.583. The lowest BCUT2D eigenvalue weighted by molar-refractivity contribution is 0.100. The van der Waals surface area contributed by atoms with Crippen LogP contribution in [-0.2, 0) is 5.75 Å². The Morgan fingerprint density at radius 2 is 2.11 bits per heavy atom. The Balaban J connectivity index is 1.93. The summed E-state index contributed by atoms with van der Waals surface area (Å²) in [6, 6.07) is 0. The summed E-state index contributed by atoms with van der Waals surface area (Å²) in [6.07, 6.45) is 7.97. The minimum absolute atomic E-state index is 0.178. The van der Waals surface area contributed by atoms with Crippen LogP contribution in [0.1, 0.15) is 48.3 Å². The molecule has 0 aromatic carbocycles. The molecule has 0 unspecified atom stereocenters. The third-order valence-electron chi connectivity index (χ3n) is 3.13. The van der Waals surface area contributed by atoms with E-state index in [0.717, 1.165) is 5.75 Å². The van der Waals surface area contributed by atoms with E-state index in [1.807, 2.05) is 11.8 Å². The summed E-state index contributed by atoms with van der Waals surface area (Å²) < 4.78 is 0. The first-order valence-corrected chi connectivity index (χ1v) is 7.24. The first-order valence-electron chi connectivity index (χ1n) is 6.19. The van der Waals surface area contributed by atoms with Crippen molar-refractivity contribution in [1.82, 2.24) is 9.97 Å². The summed E-state index contributed by atoms with van der Waals surface area (Å²) in [7, 11) is 0. The highest BCUT2D eigenvalue weighted by Gasteiger charge is 2.15. The fourth-order valence-electron chi connectivity index (χ4n) is 2.12. The van der Waals surface area contributed by atoms with Crippen molar-refractivity contribution in [3.8, 4) is 0 Å². The molecule has 1 aromatic rings. The van der Waals surface area contributed by atoms with Gasteiger partial charge in [-0.05, 0) is 12.8 Å². The number of nitrogens with zero attached hydrogens (tertiary/aromatic N) is 2. The predicted molar refractivity (Wildman–Crippen MR) is 73.1 cm³/mol. The maximum Gasteiger partial charge on any atom is 0.254 e. The zero-order valence-electron chi connectivity index (χ0n) is 10.3. The van der Waals surface area contributed by atoms with Crippen molar-refractivity contribution in [3.05, 3.63) is 17.6 Å². The molecule has 5 nitrogen and oxygen atoms in total. The van der Waals surface area contributed by atoms with Gasteiger partial charge in [0, 0.05) is 11.4 Å². The fourth-order valence-corrected chi connectivity index (χ4v) is 3.31. The van der Waals surface area contributed by atoms with Crippen LogP contribution in [0.25, 0.3) is 0 Å². The summed E-state index contributed by atoms with van der Waals surface area (Å²) in [5.74, 6) is 1.01. The van der Waals surface area contributed by atoms with E-state index in [0.29, 0.717) is 11.1 Å². The van der Waals surface area contributed by atoms with Crippen LogP contribution < -0.4 is 11.5 Å². The number of amides is 1. The zero-order valence-corrected chi connectivity index (χ0v) is 11.1. The Morgan fingerprint density at radius 1 is 1.39 bits per heavy atom. The van der Waals surface area contributed by atoms with E-state index < -0.39 is 5.91 Å². The van der Waals surface area contributed by atoms with Crippen molar-refractivity contribution < 1.29 is 4.79 Å². The van der Waals surface area contributed by atoms with Gasteiger partial charge in [-0.3, -0.25) is 4.79 Å². The van der Waals surface area contributed by atoms with Crippen molar-refractivity contribution in [3.63, 3.8) is 0 Å². The molecule has 4 N–H and O–H groups in total. The molecule has 1 saturated carbocycles. The number of nitrogen functional groups attached to an aromatic ring is 1. The van der Waals surface area contributed by atoms with Crippen molar-refractivity contribution >= 4 is 23.5 Å². The standard InChI is InChI=1S/C12H18N4OS/c13-11-9(12(14)17)6-15-10(16-11)7-18-8-4-2-1-3-5-8/h6,8H,1-5,7H2,(H2,14,17)(H2,13,15,16). The molecule has 0 aliphatic heterocycles. The largest absolute Gasteiger partial charge is 0.383 e. The predicted octanol–water partition coefficient (Wildman–Crippen LogP) is 1.72. The molecule has 0 spiro atoms. The van der Waals surface area contributed by atoms with Crippen LogP contribution in [0.2, 0.25) is 0 Å². The number of carbonyl (C=O) groups excluding carboxylic acids is 1. The normalized spacial score (nSPS) is 16.7. The van der Waals surface area contributed by atoms with E-state index in [4.69, 9.17) is 11.5 Å². The average Bonchev–Trinajstić information content (AvgIpc) is 2.37. The Bertz CT molecular complexity index is 432. The number of primary amides is 1. The summed E-state index contributed by atoms with van der Waals surface area (Å²) in [5.41, 5.74) is 11.0. The van der Waals surface area contributed by atoms with E-state index >= 15 is 0 Å². The van der Waals surface area contributed by atoms with E-state index in [1.165, 1.54) is 38.3 Å².